The zero-order valence-corrected chi connectivity index (χ0v) is 9.94. The lowest BCUT2D eigenvalue weighted by atomic mass is 10.2. The number of hydrogen-bond acceptors (Lipinski definition) is 2. The molecule has 0 aromatic rings. The maximum Gasteiger partial charge on any atom is 0.166 e. The molecule has 1 saturated carbocycles. The average Bonchev–Trinajstić information content (AvgIpc) is 2.94. The Morgan fingerprint density at radius 2 is 2.12 bits per heavy atom. The number of carbonyl (C=O) groups excluding carboxylic acids is 1. The molecule has 3 nitrogen and oxygen atoms in total. The number of amidine groups is 1. The molecule has 0 radical (unpaired) electrons. The third kappa shape index (κ3) is 1.70. The van der Waals surface area contributed by atoms with Gasteiger partial charge in [0.05, 0.1) is 5.70 Å². The van der Waals surface area contributed by atoms with E-state index >= 15 is 0 Å². The summed E-state index contributed by atoms with van der Waals surface area (Å²) in [5, 5.41) is 0. The van der Waals surface area contributed by atoms with Crippen molar-refractivity contribution in [2.24, 2.45) is 4.99 Å². The Bertz CT molecular complexity index is 371. The van der Waals surface area contributed by atoms with Crippen molar-refractivity contribution in [3.05, 3.63) is 23.4 Å². The fourth-order valence-electron chi connectivity index (χ4n) is 2.64. The van der Waals surface area contributed by atoms with Gasteiger partial charge in [0.2, 0.25) is 0 Å². The summed E-state index contributed by atoms with van der Waals surface area (Å²) >= 11 is 0. The van der Waals surface area contributed by atoms with Crippen LogP contribution in [0.3, 0.4) is 0 Å². The predicted octanol–water partition coefficient (Wildman–Crippen LogP) is 2.30. The Morgan fingerprint density at radius 1 is 1.44 bits per heavy atom. The lowest BCUT2D eigenvalue weighted by molar-refractivity contribution is -0.105. The summed E-state index contributed by atoms with van der Waals surface area (Å²) in [6.07, 6.45) is 9.75. The van der Waals surface area contributed by atoms with E-state index in [1.165, 1.54) is 25.7 Å². The van der Waals surface area contributed by atoms with E-state index in [9.17, 15) is 4.79 Å². The molecule has 0 aromatic heterocycles. The van der Waals surface area contributed by atoms with E-state index in [1.807, 2.05) is 19.1 Å². The number of aldehydes is 1. The highest BCUT2D eigenvalue weighted by Gasteiger charge is 2.32. The quantitative estimate of drug-likeness (QED) is 0.666. The van der Waals surface area contributed by atoms with Gasteiger partial charge in [0.25, 0.3) is 0 Å². The molecule has 86 valence electrons. The van der Waals surface area contributed by atoms with Gasteiger partial charge in [0.15, 0.2) is 6.29 Å². The minimum absolute atomic E-state index is 0.465. The highest BCUT2D eigenvalue weighted by Crippen LogP contribution is 2.31. The van der Waals surface area contributed by atoms with E-state index in [2.05, 4.69) is 9.89 Å². The SMILES string of the molecule is C/C=C1/C=C(C=O)N(C2CCCC2)C1=NC. The van der Waals surface area contributed by atoms with Crippen LogP contribution in [0.15, 0.2) is 28.4 Å². The van der Waals surface area contributed by atoms with Gasteiger partial charge in [-0.15, -0.1) is 0 Å². The Morgan fingerprint density at radius 3 is 2.62 bits per heavy atom. The van der Waals surface area contributed by atoms with E-state index in [0.29, 0.717) is 6.04 Å². The lowest BCUT2D eigenvalue weighted by Gasteiger charge is -2.27. The second-order valence-electron chi connectivity index (χ2n) is 4.29. The van der Waals surface area contributed by atoms with E-state index < -0.39 is 0 Å². The van der Waals surface area contributed by atoms with Crippen molar-refractivity contribution >= 4 is 12.1 Å². The number of carbonyl (C=O) groups is 1. The van der Waals surface area contributed by atoms with Gasteiger partial charge in [-0.2, -0.15) is 0 Å². The van der Waals surface area contributed by atoms with E-state index in [4.69, 9.17) is 0 Å². The van der Waals surface area contributed by atoms with Crippen LogP contribution >= 0.6 is 0 Å². The molecule has 1 fully saturated rings. The summed E-state index contributed by atoms with van der Waals surface area (Å²) < 4.78 is 0. The van der Waals surface area contributed by atoms with Crippen molar-refractivity contribution in [3.63, 3.8) is 0 Å². The van der Waals surface area contributed by atoms with E-state index in [1.54, 1.807) is 7.05 Å². The van der Waals surface area contributed by atoms with Crippen molar-refractivity contribution in [2.75, 3.05) is 7.05 Å². The molecule has 1 heterocycles. The summed E-state index contributed by atoms with van der Waals surface area (Å²) in [4.78, 5) is 17.6. The van der Waals surface area contributed by atoms with Crippen LogP contribution in [0.1, 0.15) is 32.6 Å². The highest BCUT2D eigenvalue weighted by atomic mass is 16.1. The van der Waals surface area contributed by atoms with Crippen molar-refractivity contribution in [3.8, 4) is 0 Å². The van der Waals surface area contributed by atoms with Crippen molar-refractivity contribution < 1.29 is 4.79 Å². The molecule has 3 heteroatoms. The van der Waals surface area contributed by atoms with Crippen LogP contribution in [0.4, 0.5) is 0 Å². The number of hydrogen-bond donors (Lipinski definition) is 0. The zero-order chi connectivity index (χ0) is 11.5. The molecular weight excluding hydrogens is 200 g/mol. The molecule has 2 rings (SSSR count). The number of rotatable bonds is 2. The largest absolute Gasteiger partial charge is 0.320 e. The first-order valence-electron chi connectivity index (χ1n) is 5.91. The van der Waals surface area contributed by atoms with E-state index in [-0.39, 0.29) is 0 Å². The third-order valence-corrected chi connectivity index (χ3v) is 3.40. The Balaban J connectivity index is 2.34. The average molecular weight is 218 g/mol. The van der Waals surface area contributed by atoms with Gasteiger partial charge in [-0.05, 0) is 25.8 Å². The molecule has 0 amide bonds. The first-order valence-corrected chi connectivity index (χ1v) is 5.91. The monoisotopic (exact) mass is 218 g/mol. The Hall–Kier alpha value is -1.38. The highest BCUT2D eigenvalue weighted by molar-refractivity contribution is 6.08. The molecule has 0 saturated heterocycles. The van der Waals surface area contributed by atoms with Gasteiger partial charge in [0, 0.05) is 18.7 Å². The van der Waals surface area contributed by atoms with Crippen LogP contribution in [0, 0.1) is 0 Å². The molecule has 16 heavy (non-hydrogen) atoms. The van der Waals surface area contributed by atoms with E-state index in [0.717, 1.165) is 23.4 Å². The summed E-state index contributed by atoms with van der Waals surface area (Å²) in [7, 11) is 1.79. The fourth-order valence-corrected chi connectivity index (χ4v) is 2.64. The topological polar surface area (TPSA) is 32.7 Å². The fraction of sp³-hybridized carbons (Fsp3) is 0.538. The lowest BCUT2D eigenvalue weighted by Crippen LogP contribution is -2.35. The molecule has 0 bridgehead atoms. The maximum absolute atomic E-state index is 11.1. The van der Waals surface area contributed by atoms with Crippen LogP contribution in [0.5, 0.6) is 0 Å². The van der Waals surface area contributed by atoms with Crippen LogP contribution in [0.25, 0.3) is 0 Å². The molecule has 0 spiro atoms. The van der Waals surface area contributed by atoms with Crippen molar-refractivity contribution in [1.82, 2.24) is 4.90 Å². The second-order valence-corrected chi connectivity index (χ2v) is 4.29. The van der Waals surface area contributed by atoms with Crippen LogP contribution < -0.4 is 0 Å². The third-order valence-electron chi connectivity index (χ3n) is 3.40. The Labute approximate surface area is 96.5 Å². The van der Waals surface area contributed by atoms with Gasteiger partial charge in [-0.1, -0.05) is 18.9 Å². The molecule has 0 aromatic carbocycles. The molecular formula is C13H18N2O. The van der Waals surface area contributed by atoms with Crippen LogP contribution in [-0.4, -0.2) is 30.1 Å². The normalized spacial score (nSPS) is 26.9. The van der Waals surface area contributed by atoms with Crippen LogP contribution in [-0.2, 0) is 4.79 Å². The minimum atomic E-state index is 0.465. The molecule has 1 aliphatic carbocycles. The summed E-state index contributed by atoms with van der Waals surface area (Å²) in [5.41, 5.74) is 1.83. The zero-order valence-electron chi connectivity index (χ0n) is 9.94. The first-order chi connectivity index (χ1) is 7.81. The molecule has 0 unspecified atom stereocenters. The maximum atomic E-state index is 11.1. The van der Waals surface area contributed by atoms with Gasteiger partial charge in [0.1, 0.15) is 5.84 Å². The first kappa shape index (κ1) is 11.1. The minimum Gasteiger partial charge on any atom is -0.320 e. The standard InChI is InChI=1S/C13H18N2O/c1-3-10-8-12(9-16)15(13(10)14-2)11-6-4-5-7-11/h3,8-9,11H,4-7H2,1-2H3/b10-3-,14-13?. The number of allylic oxidation sites excluding steroid dienone is 2. The number of aliphatic imine (C=N–C) groups is 1. The molecule has 0 atom stereocenters. The van der Waals surface area contributed by atoms with Gasteiger partial charge < -0.3 is 4.90 Å². The molecule has 2 aliphatic rings. The molecule has 0 N–H and O–H groups in total. The number of nitrogens with zero attached hydrogens (tertiary/aromatic N) is 2. The van der Waals surface area contributed by atoms with Gasteiger partial charge in [-0.3, -0.25) is 9.79 Å². The van der Waals surface area contributed by atoms with Crippen molar-refractivity contribution in [1.29, 1.82) is 0 Å². The Kier molecular flexibility index (Phi) is 3.22. The molecule has 1 aliphatic heterocycles. The second kappa shape index (κ2) is 4.64. The smallest absolute Gasteiger partial charge is 0.166 e. The predicted molar refractivity (Wildman–Crippen MR) is 65.4 cm³/mol. The van der Waals surface area contributed by atoms with Crippen LogP contribution in [0.2, 0.25) is 0 Å². The summed E-state index contributed by atoms with van der Waals surface area (Å²) in [6.45, 7) is 1.98. The van der Waals surface area contributed by atoms with Gasteiger partial charge >= 0.3 is 0 Å². The van der Waals surface area contributed by atoms with Crippen molar-refractivity contribution in [2.45, 2.75) is 38.6 Å². The summed E-state index contributed by atoms with van der Waals surface area (Å²) in [5.74, 6) is 0.955. The summed E-state index contributed by atoms with van der Waals surface area (Å²) in [6, 6.07) is 0.465. The van der Waals surface area contributed by atoms with Gasteiger partial charge in [-0.25, -0.2) is 0 Å².